The van der Waals surface area contributed by atoms with Crippen LogP contribution in [0, 0.1) is 0 Å². The van der Waals surface area contributed by atoms with E-state index in [1.54, 1.807) is 24.3 Å². The molecule has 2 N–H and O–H groups in total. The highest BCUT2D eigenvalue weighted by Crippen LogP contribution is 2.36. The van der Waals surface area contributed by atoms with Crippen LogP contribution in [0.1, 0.15) is 35.7 Å². The quantitative estimate of drug-likeness (QED) is 0.846. The Morgan fingerprint density at radius 1 is 1.30 bits per heavy atom. The van der Waals surface area contributed by atoms with E-state index in [2.05, 4.69) is 4.98 Å². The SMILES string of the molecule is CCc1cc(C(=O)O)c(=O)[nH]c1-c1ccc(N2CCC[C@H]2C(F)(F)F)cc1. The number of halogens is 3. The van der Waals surface area contributed by atoms with Crippen LogP contribution in [0.15, 0.2) is 35.1 Å². The molecule has 144 valence electrons. The van der Waals surface area contributed by atoms with Crippen molar-refractivity contribution < 1.29 is 23.1 Å². The van der Waals surface area contributed by atoms with E-state index in [1.807, 2.05) is 6.92 Å². The minimum atomic E-state index is -4.28. The van der Waals surface area contributed by atoms with Crippen molar-refractivity contribution in [3.63, 3.8) is 0 Å². The lowest BCUT2D eigenvalue weighted by atomic mass is 10.0. The van der Waals surface area contributed by atoms with Gasteiger partial charge in [0.2, 0.25) is 0 Å². The Labute approximate surface area is 153 Å². The van der Waals surface area contributed by atoms with E-state index in [1.165, 1.54) is 11.0 Å². The summed E-state index contributed by atoms with van der Waals surface area (Å²) in [5, 5.41) is 9.08. The van der Waals surface area contributed by atoms with Gasteiger partial charge in [0, 0.05) is 12.2 Å². The first kappa shape index (κ1) is 19.0. The van der Waals surface area contributed by atoms with Gasteiger partial charge < -0.3 is 15.0 Å². The number of carboxylic acid groups (broad SMARTS) is 1. The topological polar surface area (TPSA) is 73.4 Å². The van der Waals surface area contributed by atoms with Gasteiger partial charge in [0.1, 0.15) is 11.6 Å². The molecule has 1 aliphatic heterocycles. The summed E-state index contributed by atoms with van der Waals surface area (Å²) in [6.07, 6.45) is -3.22. The molecule has 3 rings (SSSR count). The molecule has 0 spiro atoms. The normalized spacial score (nSPS) is 17.3. The van der Waals surface area contributed by atoms with Gasteiger partial charge in [-0.3, -0.25) is 4.79 Å². The predicted molar refractivity (Wildman–Crippen MR) is 95.3 cm³/mol. The second-order valence-electron chi connectivity index (χ2n) is 6.51. The first-order valence-electron chi connectivity index (χ1n) is 8.65. The number of aromatic carboxylic acids is 1. The van der Waals surface area contributed by atoms with Gasteiger partial charge in [-0.2, -0.15) is 13.2 Å². The minimum Gasteiger partial charge on any atom is -0.477 e. The Bertz CT molecular complexity index is 904. The van der Waals surface area contributed by atoms with Gasteiger partial charge in [-0.15, -0.1) is 0 Å². The number of rotatable bonds is 4. The molecule has 1 aliphatic rings. The van der Waals surface area contributed by atoms with Crippen molar-refractivity contribution in [3.8, 4) is 11.3 Å². The molecule has 1 atom stereocenters. The molecule has 0 amide bonds. The van der Waals surface area contributed by atoms with Gasteiger partial charge in [0.25, 0.3) is 5.56 Å². The van der Waals surface area contributed by atoms with E-state index in [-0.39, 0.29) is 12.0 Å². The third kappa shape index (κ3) is 3.70. The van der Waals surface area contributed by atoms with Crippen molar-refractivity contribution in [2.24, 2.45) is 0 Å². The summed E-state index contributed by atoms with van der Waals surface area (Å²) in [6, 6.07) is 6.34. The number of hydrogen-bond donors (Lipinski definition) is 2. The van der Waals surface area contributed by atoms with Crippen LogP contribution in [0.25, 0.3) is 11.3 Å². The molecule has 1 aromatic heterocycles. The molecule has 8 heteroatoms. The van der Waals surface area contributed by atoms with E-state index in [0.717, 1.165) is 0 Å². The average Bonchev–Trinajstić information content (AvgIpc) is 3.11. The Morgan fingerprint density at radius 2 is 1.96 bits per heavy atom. The lowest BCUT2D eigenvalue weighted by Gasteiger charge is -2.28. The van der Waals surface area contributed by atoms with Gasteiger partial charge in [0.05, 0.1) is 5.69 Å². The predicted octanol–water partition coefficient (Wildman–Crippen LogP) is 3.83. The van der Waals surface area contributed by atoms with E-state index in [4.69, 9.17) is 5.11 Å². The number of nitrogens with zero attached hydrogens (tertiary/aromatic N) is 1. The van der Waals surface area contributed by atoms with Crippen LogP contribution >= 0.6 is 0 Å². The smallest absolute Gasteiger partial charge is 0.408 e. The molecule has 0 unspecified atom stereocenters. The zero-order valence-corrected chi connectivity index (χ0v) is 14.6. The third-order valence-electron chi connectivity index (χ3n) is 4.85. The maximum atomic E-state index is 13.2. The Hall–Kier alpha value is -2.77. The number of H-pyrrole nitrogens is 1. The van der Waals surface area contributed by atoms with E-state index in [0.29, 0.717) is 41.9 Å². The minimum absolute atomic E-state index is 0.0786. The van der Waals surface area contributed by atoms with Crippen LogP contribution in [-0.4, -0.2) is 34.8 Å². The molecule has 0 bridgehead atoms. The number of hydrogen-bond acceptors (Lipinski definition) is 3. The molecule has 0 aliphatic carbocycles. The number of anilines is 1. The highest BCUT2D eigenvalue weighted by molar-refractivity contribution is 5.88. The number of aromatic amines is 1. The lowest BCUT2D eigenvalue weighted by molar-refractivity contribution is -0.145. The fraction of sp³-hybridized carbons (Fsp3) is 0.368. The first-order valence-corrected chi connectivity index (χ1v) is 8.65. The zero-order valence-electron chi connectivity index (χ0n) is 14.6. The molecular weight excluding hydrogens is 361 g/mol. The van der Waals surface area contributed by atoms with Crippen molar-refractivity contribution >= 4 is 11.7 Å². The summed E-state index contributed by atoms with van der Waals surface area (Å²) in [6.45, 7) is 2.17. The van der Waals surface area contributed by atoms with Gasteiger partial charge in [-0.05, 0) is 48.6 Å². The Kier molecular flexibility index (Phi) is 4.99. The highest BCUT2D eigenvalue weighted by Gasteiger charge is 2.45. The maximum absolute atomic E-state index is 13.2. The van der Waals surface area contributed by atoms with E-state index >= 15 is 0 Å². The van der Waals surface area contributed by atoms with Gasteiger partial charge in [0.15, 0.2) is 0 Å². The van der Waals surface area contributed by atoms with Crippen LogP contribution in [0.3, 0.4) is 0 Å². The zero-order chi connectivity index (χ0) is 19.8. The number of pyridine rings is 1. The number of aryl methyl sites for hydroxylation is 1. The van der Waals surface area contributed by atoms with Crippen LogP contribution in [0.2, 0.25) is 0 Å². The fourth-order valence-electron chi connectivity index (χ4n) is 3.50. The molecule has 1 saturated heterocycles. The summed E-state index contributed by atoms with van der Waals surface area (Å²) in [4.78, 5) is 27.0. The van der Waals surface area contributed by atoms with Crippen LogP contribution < -0.4 is 10.5 Å². The Balaban J connectivity index is 1.95. The summed E-state index contributed by atoms with van der Waals surface area (Å²) >= 11 is 0. The number of nitrogens with one attached hydrogen (secondary N) is 1. The maximum Gasteiger partial charge on any atom is 0.408 e. The molecule has 1 fully saturated rings. The molecule has 0 saturated carbocycles. The van der Waals surface area contributed by atoms with Gasteiger partial charge in [-0.25, -0.2) is 4.79 Å². The van der Waals surface area contributed by atoms with Crippen molar-refractivity contribution in [3.05, 3.63) is 51.8 Å². The summed E-state index contributed by atoms with van der Waals surface area (Å²) in [5.74, 6) is -1.31. The summed E-state index contributed by atoms with van der Waals surface area (Å²) < 4.78 is 39.5. The number of benzene rings is 1. The largest absolute Gasteiger partial charge is 0.477 e. The molecule has 1 aromatic carbocycles. The van der Waals surface area contributed by atoms with E-state index < -0.39 is 23.7 Å². The first-order chi connectivity index (χ1) is 12.7. The molecule has 5 nitrogen and oxygen atoms in total. The Morgan fingerprint density at radius 3 is 2.52 bits per heavy atom. The lowest BCUT2D eigenvalue weighted by Crippen LogP contribution is -2.41. The van der Waals surface area contributed by atoms with Crippen LogP contribution in [0.5, 0.6) is 0 Å². The molecule has 2 aromatic rings. The van der Waals surface area contributed by atoms with Crippen molar-refractivity contribution in [1.82, 2.24) is 4.98 Å². The van der Waals surface area contributed by atoms with Crippen molar-refractivity contribution in [1.29, 1.82) is 0 Å². The number of carboxylic acids is 1. The van der Waals surface area contributed by atoms with Crippen LogP contribution in [0.4, 0.5) is 18.9 Å². The molecule has 2 heterocycles. The summed E-state index contributed by atoms with van der Waals surface area (Å²) in [5.41, 5.74) is 1.17. The molecular formula is C19H19F3N2O3. The van der Waals surface area contributed by atoms with Crippen molar-refractivity contribution in [2.75, 3.05) is 11.4 Å². The molecule has 0 radical (unpaired) electrons. The fourth-order valence-corrected chi connectivity index (χ4v) is 3.50. The third-order valence-corrected chi connectivity index (χ3v) is 4.85. The van der Waals surface area contributed by atoms with Crippen LogP contribution in [-0.2, 0) is 6.42 Å². The summed E-state index contributed by atoms with van der Waals surface area (Å²) in [7, 11) is 0. The van der Waals surface area contributed by atoms with Crippen molar-refractivity contribution in [2.45, 2.75) is 38.4 Å². The van der Waals surface area contributed by atoms with Gasteiger partial charge in [-0.1, -0.05) is 19.1 Å². The molecule has 27 heavy (non-hydrogen) atoms. The second-order valence-corrected chi connectivity index (χ2v) is 6.51. The monoisotopic (exact) mass is 380 g/mol. The number of aromatic nitrogens is 1. The highest BCUT2D eigenvalue weighted by atomic mass is 19.4. The second kappa shape index (κ2) is 7.09. The van der Waals surface area contributed by atoms with E-state index in [9.17, 15) is 22.8 Å². The van der Waals surface area contributed by atoms with Gasteiger partial charge >= 0.3 is 12.1 Å². The average molecular weight is 380 g/mol. The number of carbonyl (C=O) groups is 1. The standard InChI is InChI=1S/C19H19F3N2O3/c1-2-11-10-14(18(26)27)17(25)23-16(11)12-5-7-13(8-6-12)24-9-3-4-15(24)19(20,21)22/h5-8,10,15H,2-4,9H2,1H3,(H,23,25)(H,26,27)/t15-/m0/s1. The number of alkyl halides is 3.